The van der Waals surface area contributed by atoms with Crippen LogP contribution in [0.25, 0.3) is 0 Å². The quantitative estimate of drug-likeness (QED) is 0.736. The smallest absolute Gasteiger partial charge is 0.222 e. The number of hydrogen-bond donors (Lipinski definition) is 3. The van der Waals surface area contributed by atoms with Crippen molar-refractivity contribution in [2.24, 2.45) is 0 Å². The molecule has 20 heavy (non-hydrogen) atoms. The van der Waals surface area contributed by atoms with Gasteiger partial charge in [0.1, 0.15) is 0 Å². The second-order valence-corrected chi connectivity index (χ2v) is 5.76. The second-order valence-electron chi connectivity index (χ2n) is 5.76. The third kappa shape index (κ3) is 4.62. The first-order valence-electron chi connectivity index (χ1n) is 7.28. The van der Waals surface area contributed by atoms with Gasteiger partial charge in [0.25, 0.3) is 0 Å². The van der Waals surface area contributed by atoms with Gasteiger partial charge in [-0.2, -0.15) is 0 Å². The molecule has 0 spiro atoms. The van der Waals surface area contributed by atoms with Crippen LogP contribution in [0.1, 0.15) is 37.7 Å². The van der Waals surface area contributed by atoms with Crippen LogP contribution in [0.15, 0.2) is 30.3 Å². The highest BCUT2D eigenvalue weighted by atomic mass is 16.3. The Morgan fingerprint density at radius 3 is 2.55 bits per heavy atom. The molecule has 0 radical (unpaired) electrons. The van der Waals surface area contributed by atoms with Crippen LogP contribution in [0.2, 0.25) is 0 Å². The topological polar surface area (TPSA) is 69.6 Å². The van der Waals surface area contributed by atoms with E-state index in [-0.39, 0.29) is 18.9 Å². The lowest BCUT2D eigenvalue weighted by Gasteiger charge is -2.21. The van der Waals surface area contributed by atoms with Gasteiger partial charge in [-0.3, -0.25) is 4.79 Å². The largest absolute Gasteiger partial charge is 0.391 e. The van der Waals surface area contributed by atoms with E-state index in [1.54, 1.807) is 0 Å². The molecule has 4 nitrogen and oxygen atoms in total. The lowest BCUT2D eigenvalue weighted by molar-refractivity contribution is -0.126. The first-order chi connectivity index (χ1) is 9.57. The number of nitrogens with one attached hydrogen (secondary N) is 1. The van der Waals surface area contributed by atoms with Gasteiger partial charge in [0.05, 0.1) is 18.1 Å². The molecule has 1 atom stereocenters. The summed E-state index contributed by atoms with van der Waals surface area (Å²) in [5.74, 6) is -0.179. The molecule has 1 aliphatic rings. The number of aliphatic hydroxyl groups is 2. The Morgan fingerprint density at radius 2 is 1.90 bits per heavy atom. The normalized spacial score (nSPS) is 18.7. The molecule has 1 saturated carbocycles. The van der Waals surface area contributed by atoms with E-state index in [2.05, 4.69) is 5.32 Å². The van der Waals surface area contributed by atoms with Gasteiger partial charge >= 0.3 is 0 Å². The minimum Gasteiger partial charge on any atom is -0.391 e. The Bertz CT molecular complexity index is 427. The van der Waals surface area contributed by atoms with Crippen LogP contribution in [0.4, 0.5) is 0 Å². The van der Waals surface area contributed by atoms with Crippen LogP contribution in [0.3, 0.4) is 0 Å². The maximum absolute atomic E-state index is 11.8. The lowest BCUT2D eigenvalue weighted by Crippen LogP contribution is -2.38. The van der Waals surface area contributed by atoms with Crippen LogP contribution >= 0.6 is 0 Å². The Balaban J connectivity index is 1.70. The SMILES string of the molecule is O=C(CC1(O)CCCC1)NC[C@@H](O)Cc1ccccc1. The number of aliphatic hydroxyl groups excluding tert-OH is 1. The molecule has 1 aromatic carbocycles. The summed E-state index contributed by atoms with van der Waals surface area (Å²) in [6.45, 7) is 0.226. The summed E-state index contributed by atoms with van der Waals surface area (Å²) in [5.41, 5.74) is 0.220. The van der Waals surface area contributed by atoms with E-state index in [9.17, 15) is 15.0 Å². The average molecular weight is 277 g/mol. The third-order valence-electron chi connectivity index (χ3n) is 3.87. The Kier molecular flexibility index (Phi) is 5.15. The van der Waals surface area contributed by atoms with Crippen molar-refractivity contribution in [2.45, 2.75) is 50.2 Å². The molecule has 0 aliphatic heterocycles. The summed E-state index contributed by atoms with van der Waals surface area (Å²) in [5, 5.41) is 22.7. The molecular weight excluding hydrogens is 254 g/mol. The van der Waals surface area contributed by atoms with E-state index in [0.717, 1.165) is 18.4 Å². The summed E-state index contributed by atoms with van der Waals surface area (Å²) in [6.07, 6.45) is 3.44. The van der Waals surface area contributed by atoms with Gasteiger partial charge in [0.15, 0.2) is 0 Å². The van der Waals surface area contributed by atoms with E-state index in [0.29, 0.717) is 19.3 Å². The van der Waals surface area contributed by atoms with Crippen molar-refractivity contribution in [2.75, 3.05) is 6.54 Å². The molecule has 110 valence electrons. The van der Waals surface area contributed by atoms with Gasteiger partial charge in [-0.15, -0.1) is 0 Å². The van der Waals surface area contributed by atoms with E-state index in [4.69, 9.17) is 0 Å². The molecular formula is C16H23NO3. The monoisotopic (exact) mass is 277 g/mol. The van der Waals surface area contributed by atoms with Crippen molar-refractivity contribution in [3.05, 3.63) is 35.9 Å². The summed E-state index contributed by atoms with van der Waals surface area (Å²) in [6, 6.07) is 9.69. The maximum Gasteiger partial charge on any atom is 0.222 e. The fourth-order valence-electron chi connectivity index (χ4n) is 2.76. The highest BCUT2D eigenvalue weighted by Crippen LogP contribution is 2.32. The van der Waals surface area contributed by atoms with Crippen molar-refractivity contribution in [1.82, 2.24) is 5.32 Å². The standard InChI is InChI=1S/C16H23NO3/c18-14(10-13-6-2-1-3-7-13)12-17-15(19)11-16(20)8-4-5-9-16/h1-3,6-7,14,18,20H,4-5,8-12H2,(H,17,19)/t14-/m0/s1. The lowest BCUT2D eigenvalue weighted by atomic mass is 9.97. The number of benzene rings is 1. The Hall–Kier alpha value is -1.39. The van der Waals surface area contributed by atoms with Crippen LogP contribution in [0.5, 0.6) is 0 Å². The first kappa shape index (κ1) is 15.0. The molecule has 4 heteroatoms. The fraction of sp³-hybridized carbons (Fsp3) is 0.562. The Labute approximate surface area is 119 Å². The van der Waals surface area contributed by atoms with E-state index >= 15 is 0 Å². The highest BCUT2D eigenvalue weighted by molar-refractivity contribution is 5.77. The molecule has 0 bridgehead atoms. The highest BCUT2D eigenvalue weighted by Gasteiger charge is 2.33. The third-order valence-corrected chi connectivity index (χ3v) is 3.87. The van der Waals surface area contributed by atoms with Crippen molar-refractivity contribution in [3.63, 3.8) is 0 Å². The molecule has 0 unspecified atom stereocenters. The zero-order valence-electron chi connectivity index (χ0n) is 11.7. The van der Waals surface area contributed by atoms with Crippen LogP contribution in [-0.2, 0) is 11.2 Å². The minimum atomic E-state index is -0.825. The van der Waals surface area contributed by atoms with Crippen molar-refractivity contribution >= 4 is 5.91 Å². The summed E-state index contributed by atoms with van der Waals surface area (Å²) in [4.78, 5) is 11.8. The molecule has 0 heterocycles. The fourth-order valence-corrected chi connectivity index (χ4v) is 2.76. The molecule has 2 rings (SSSR count). The van der Waals surface area contributed by atoms with E-state index in [1.165, 1.54) is 0 Å². The van der Waals surface area contributed by atoms with Crippen molar-refractivity contribution in [3.8, 4) is 0 Å². The van der Waals surface area contributed by atoms with Crippen LogP contribution in [0, 0.1) is 0 Å². The van der Waals surface area contributed by atoms with Crippen LogP contribution < -0.4 is 5.32 Å². The van der Waals surface area contributed by atoms with Crippen LogP contribution in [-0.4, -0.2) is 34.4 Å². The number of hydrogen-bond acceptors (Lipinski definition) is 3. The van der Waals surface area contributed by atoms with Gasteiger partial charge in [-0.1, -0.05) is 43.2 Å². The predicted octanol–water partition coefficient (Wildman–Crippen LogP) is 1.40. The summed E-state index contributed by atoms with van der Waals surface area (Å²) < 4.78 is 0. The predicted molar refractivity (Wildman–Crippen MR) is 77.2 cm³/mol. The number of carbonyl (C=O) groups is 1. The average Bonchev–Trinajstić information content (AvgIpc) is 2.84. The molecule has 3 N–H and O–H groups in total. The number of rotatable bonds is 6. The molecule has 1 fully saturated rings. The Morgan fingerprint density at radius 1 is 1.25 bits per heavy atom. The molecule has 1 aromatic rings. The maximum atomic E-state index is 11.8. The molecule has 0 saturated heterocycles. The van der Waals surface area contributed by atoms with Crippen molar-refractivity contribution in [1.29, 1.82) is 0 Å². The van der Waals surface area contributed by atoms with Gasteiger partial charge in [0.2, 0.25) is 5.91 Å². The van der Waals surface area contributed by atoms with Gasteiger partial charge < -0.3 is 15.5 Å². The first-order valence-corrected chi connectivity index (χ1v) is 7.28. The summed E-state index contributed by atoms with van der Waals surface area (Å²) in [7, 11) is 0. The molecule has 1 amide bonds. The number of carbonyl (C=O) groups excluding carboxylic acids is 1. The molecule has 0 aromatic heterocycles. The zero-order chi connectivity index (χ0) is 14.4. The zero-order valence-corrected chi connectivity index (χ0v) is 11.7. The molecule has 1 aliphatic carbocycles. The van der Waals surface area contributed by atoms with Gasteiger partial charge in [-0.25, -0.2) is 0 Å². The van der Waals surface area contributed by atoms with Gasteiger partial charge in [0, 0.05) is 13.0 Å². The van der Waals surface area contributed by atoms with E-state index < -0.39 is 11.7 Å². The minimum absolute atomic E-state index is 0.144. The van der Waals surface area contributed by atoms with Crippen molar-refractivity contribution < 1.29 is 15.0 Å². The summed E-state index contributed by atoms with van der Waals surface area (Å²) >= 11 is 0. The second kappa shape index (κ2) is 6.86. The van der Waals surface area contributed by atoms with Gasteiger partial charge in [-0.05, 0) is 18.4 Å². The van der Waals surface area contributed by atoms with E-state index in [1.807, 2.05) is 30.3 Å². The number of amides is 1.